The Morgan fingerprint density at radius 1 is 1.27 bits per heavy atom. The Morgan fingerprint density at radius 3 is 2.77 bits per heavy atom. The highest BCUT2D eigenvalue weighted by molar-refractivity contribution is 7.99. The van der Waals surface area contributed by atoms with Crippen LogP contribution in [0.5, 0.6) is 0 Å². The predicted molar refractivity (Wildman–Crippen MR) is 105 cm³/mol. The van der Waals surface area contributed by atoms with Gasteiger partial charge in [0.25, 0.3) is 0 Å². The van der Waals surface area contributed by atoms with Crippen molar-refractivity contribution in [2.75, 3.05) is 5.75 Å². The van der Waals surface area contributed by atoms with Crippen LogP contribution in [0, 0.1) is 0 Å². The standard InChI is InChI=1S/C19H20N4OS2/c1-13(16-8-5-11-25-16)20-17(24)12-26-19-22-21-18(14-9-10-14)23(19)15-6-3-2-4-7-15/h2-8,11,13-14H,9-10,12H2,1H3,(H,20,24)/t13-/m0/s1. The van der Waals surface area contributed by atoms with Gasteiger partial charge in [0.15, 0.2) is 5.16 Å². The number of thiophene rings is 1. The van der Waals surface area contributed by atoms with E-state index in [1.165, 1.54) is 11.8 Å². The third kappa shape index (κ3) is 3.83. The molecule has 26 heavy (non-hydrogen) atoms. The highest BCUT2D eigenvalue weighted by atomic mass is 32.2. The van der Waals surface area contributed by atoms with Crippen LogP contribution in [0.4, 0.5) is 0 Å². The molecule has 3 aromatic rings. The van der Waals surface area contributed by atoms with Crippen LogP contribution in [0.3, 0.4) is 0 Å². The van der Waals surface area contributed by atoms with Gasteiger partial charge < -0.3 is 5.32 Å². The summed E-state index contributed by atoms with van der Waals surface area (Å²) in [6.07, 6.45) is 2.32. The Hall–Kier alpha value is -2.12. The molecular formula is C19H20N4OS2. The number of hydrogen-bond acceptors (Lipinski definition) is 5. The molecule has 2 aromatic heterocycles. The molecule has 5 nitrogen and oxygen atoms in total. The quantitative estimate of drug-likeness (QED) is 0.621. The van der Waals surface area contributed by atoms with Crippen molar-refractivity contribution < 1.29 is 4.79 Å². The zero-order valence-corrected chi connectivity index (χ0v) is 16.1. The van der Waals surface area contributed by atoms with Crippen LogP contribution in [-0.2, 0) is 4.79 Å². The smallest absolute Gasteiger partial charge is 0.230 e. The van der Waals surface area contributed by atoms with Gasteiger partial charge in [0.2, 0.25) is 5.91 Å². The van der Waals surface area contributed by atoms with E-state index in [1.54, 1.807) is 11.3 Å². The number of thioether (sulfide) groups is 1. The topological polar surface area (TPSA) is 59.8 Å². The third-order valence-electron chi connectivity index (χ3n) is 4.30. The fourth-order valence-corrected chi connectivity index (χ4v) is 4.33. The first kappa shape index (κ1) is 17.3. The molecule has 0 spiro atoms. The predicted octanol–water partition coefficient (Wildman–Crippen LogP) is 4.18. The third-order valence-corrected chi connectivity index (χ3v) is 6.28. The molecule has 2 heterocycles. The number of nitrogens with zero attached hydrogens (tertiary/aromatic N) is 3. The number of carbonyl (C=O) groups excluding carboxylic acids is 1. The van der Waals surface area contributed by atoms with Crippen LogP contribution < -0.4 is 5.32 Å². The van der Waals surface area contributed by atoms with Gasteiger partial charge in [-0.15, -0.1) is 21.5 Å². The normalized spacial score (nSPS) is 15.0. The van der Waals surface area contributed by atoms with Crippen LogP contribution in [0.2, 0.25) is 0 Å². The summed E-state index contributed by atoms with van der Waals surface area (Å²) in [5.41, 5.74) is 1.05. The molecule has 1 aliphatic carbocycles. The minimum absolute atomic E-state index is 0.00600. The van der Waals surface area contributed by atoms with Gasteiger partial charge in [0, 0.05) is 16.5 Å². The molecule has 1 atom stereocenters. The van der Waals surface area contributed by atoms with E-state index in [4.69, 9.17) is 0 Å². The number of hydrogen-bond donors (Lipinski definition) is 1. The van der Waals surface area contributed by atoms with Crippen molar-refractivity contribution in [1.82, 2.24) is 20.1 Å². The molecule has 134 valence electrons. The van der Waals surface area contributed by atoms with Crippen LogP contribution in [0.1, 0.15) is 42.4 Å². The Morgan fingerprint density at radius 2 is 2.08 bits per heavy atom. The molecule has 0 bridgehead atoms. The SMILES string of the molecule is C[C@H](NC(=O)CSc1nnc(C2CC2)n1-c1ccccc1)c1cccs1. The van der Waals surface area contributed by atoms with E-state index in [1.807, 2.05) is 42.6 Å². The van der Waals surface area contributed by atoms with E-state index in [9.17, 15) is 4.79 Å². The number of aromatic nitrogens is 3. The maximum absolute atomic E-state index is 12.3. The Balaban J connectivity index is 1.46. The average molecular weight is 385 g/mol. The summed E-state index contributed by atoms with van der Waals surface area (Å²) in [5.74, 6) is 1.83. The molecule has 0 aliphatic heterocycles. The van der Waals surface area contributed by atoms with Gasteiger partial charge in [-0.1, -0.05) is 36.0 Å². The zero-order chi connectivity index (χ0) is 17.9. The minimum Gasteiger partial charge on any atom is -0.348 e. The van der Waals surface area contributed by atoms with E-state index in [2.05, 4.69) is 32.2 Å². The summed E-state index contributed by atoms with van der Waals surface area (Å²) in [6.45, 7) is 2.01. The van der Waals surface area contributed by atoms with E-state index >= 15 is 0 Å². The molecule has 1 amide bonds. The molecular weight excluding hydrogens is 364 g/mol. The average Bonchev–Trinajstić information content (AvgIpc) is 3.19. The van der Waals surface area contributed by atoms with Gasteiger partial charge in [-0.2, -0.15) is 0 Å². The maximum atomic E-state index is 12.3. The van der Waals surface area contributed by atoms with Crippen molar-refractivity contribution in [2.24, 2.45) is 0 Å². The van der Waals surface area contributed by atoms with Crippen LogP contribution >= 0.6 is 23.1 Å². The molecule has 1 N–H and O–H groups in total. The van der Waals surface area contributed by atoms with Crippen molar-refractivity contribution in [3.05, 3.63) is 58.5 Å². The largest absolute Gasteiger partial charge is 0.348 e. The van der Waals surface area contributed by atoms with E-state index in [-0.39, 0.29) is 11.9 Å². The van der Waals surface area contributed by atoms with E-state index in [0.717, 1.165) is 34.4 Å². The minimum atomic E-state index is 0.00600. The van der Waals surface area contributed by atoms with Crippen molar-refractivity contribution in [1.29, 1.82) is 0 Å². The highest BCUT2D eigenvalue weighted by Gasteiger charge is 2.31. The van der Waals surface area contributed by atoms with Gasteiger partial charge in [-0.25, -0.2) is 0 Å². The molecule has 0 radical (unpaired) electrons. The number of rotatable bonds is 7. The molecule has 0 saturated heterocycles. The lowest BCUT2D eigenvalue weighted by Gasteiger charge is -2.12. The lowest BCUT2D eigenvalue weighted by atomic mass is 10.3. The number of benzene rings is 1. The summed E-state index contributed by atoms with van der Waals surface area (Å²) in [6, 6.07) is 14.2. The number of carbonyl (C=O) groups is 1. The van der Waals surface area contributed by atoms with E-state index in [0.29, 0.717) is 11.7 Å². The lowest BCUT2D eigenvalue weighted by Crippen LogP contribution is -2.27. The summed E-state index contributed by atoms with van der Waals surface area (Å²) in [4.78, 5) is 13.5. The summed E-state index contributed by atoms with van der Waals surface area (Å²) < 4.78 is 2.10. The van der Waals surface area contributed by atoms with Crippen molar-refractivity contribution >= 4 is 29.0 Å². The lowest BCUT2D eigenvalue weighted by molar-refractivity contribution is -0.119. The monoisotopic (exact) mass is 384 g/mol. The first-order chi connectivity index (χ1) is 12.7. The molecule has 7 heteroatoms. The van der Waals surface area contributed by atoms with Crippen LogP contribution in [0.25, 0.3) is 5.69 Å². The van der Waals surface area contributed by atoms with Gasteiger partial charge in [-0.3, -0.25) is 9.36 Å². The molecule has 1 saturated carbocycles. The second-order valence-electron chi connectivity index (χ2n) is 6.38. The van der Waals surface area contributed by atoms with Crippen LogP contribution in [-0.4, -0.2) is 26.4 Å². The maximum Gasteiger partial charge on any atom is 0.230 e. The highest BCUT2D eigenvalue weighted by Crippen LogP contribution is 2.41. The van der Waals surface area contributed by atoms with Crippen molar-refractivity contribution in [2.45, 2.75) is 36.9 Å². The summed E-state index contributed by atoms with van der Waals surface area (Å²) in [7, 11) is 0. The van der Waals surface area contributed by atoms with Gasteiger partial charge in [0.05, 0.1) is 11.8 Å². The molecule has 1 aliphatic rings. The first-order valence-electron chi connectivity index (χ1n) is 8.68. The number of para-hydroxylation sites is 1. The summed E-state index contributed by atoms with van der Waals surface area (Å²) in [5, 5.41) is 14.6. The van der Waals surface area contributed by atoms with Gasteiger partial charge in [0.1, 0.15) is 5.82 Å². The Bertz CT molecular complexity index is 872. The Labute approximate surface area is 160 Å². The first-order valence-corrected chi connectivity index (χ1v) is 10.5. The Kier molecular flexibility index (Phi) is 5.08. The molecule has 1 fully saturated rings. The van der Waals surface area contributed by atoms with Crippen molar-refractivity contribution in [3.63, 3.8) is 0 Å². The second kappa shape index (κ2) is 7.63. The fraction of sp³-hybridized carbons (Fsp3) is 0.316. The molecule has 1 aromatic carbocycles. The number of amides is 1. The molecule has 0 unspecified atom stereocenters. The fourth-order valence-electron chi connectivity index (χ4n) is 2.82. The second-order valence-corrected chi connectivity index (χ2v) is 8.30. The van der Waals surface area contributed by atoms with Gasteiger partial charge in [-0.05, 0) is 43.3 Å². The zero-order valence-electron chi connectivity index (χ0n) is 14.5. The van der Waals surface area contributed by atoms with Crippen molar-refractivity contribution in [3.8, 4) is 5.69 Å². The van der Waals surface area contributed by atoms with E-state index < -0.39 is 0 Å². The van der Waals surface area contributed by atoms with Crippen LogP contribution in [0.15, 0.2) is 53.0 Å². The van der Waals surface area contributed by atoms with Gasteiger partial charge >= 0.3 is 0 Å². The number of nitrogens with one attached hydrogen (secondary N) is 1. The summed E-state index contributed by atoms with van der Waals surface area (Å²) >= 11 is 3.09. The molecule has 4 rings (SSSR count).